The topological polar surface area (TPSA) is 96.3 Å². The Hall–Kier alpha value is -3.16. The Bertz CT molecular complexity index is 843. The molecule has 25 heavy (non-hydrogen) atoms. The summed E-state index contributed by atoms with van der Waals surface area (Å²) in [6, 6.07) is 6.81. The monoisotopic (exact) mass is 341 g/mol. The maximum Gasteiger partial charge on any atom is 0.289 e. The Morgan fingerprint density at radius 3 is 2.60 bits per heavy atom. The molecule has 0 aliphatic carbocycles. The highest BCUT2D eigenvalue weighted by Gasteiger charge is 2.27. The van der Waals surface area contributed by atoms with Crippen LogP contribution in [0, 0.1) is 0 Å². The van der Waals surface area contributed by atoms with E-state index in [1.165, 1.54) is 6.92 Å². The molecule has 2 heterocycles. The standard InChI is InChI=1S/C17H19N5O3/c1-3-21-7-8-22-10-14(20-15(22)17(21)25)16(24)19-13-6-4-5-12(9-13)18-11(2)23/h4-6,9-10H,3,7-8H2,1-2H3,(H,18,23)(H,19,24). The number of carbonyl (C=O) groups is 3. The Kier molecular flexibility index (Phi) is 4.51. The molecule has 0 saturated carbocycles. The number of amides is 3. The lowest BCUT2D eigenvalue weighted by molar-refractivity contribution is -0.114. The normalized spacial score (nSPS) is 13.4. The lowest BCUT2D eigenvalue weighted by Crippen LogP contribution is -2.40. The van der Waals surface area contributed by atoms with Crippen molar-refractivity contribution in [2.45, 2.75) is 20.4 Å². The molecule has 3 amide bonds. The smallest absolute Gasteiger partial charge is 0.289 e. The van der Waals surface area contributed by atoms with E-state index < -0.39 is 5.91 Å². The third-order valence-electron chi connectivity index (χ3n) is 3.92. The van der Waals surface area contributed by atoms with Crippen LogP contribution < -0.4 is 10.6 Å². The zero-order valence-corrected chi connectivity index (χ0v) is 14.1. The molecular formula is C17H19N5O3. The van der Waals surface area contributed by atoms with E-state index in [1.54, 1.807) is 39.9 Å². The number of nitrogens with one attached hydrogen (secondary N) is 2. The van der Waals surface area contributed by atoms with Crippen LogP contribution in [-0.2, 0) is 11.3 Å². The first-order valence-electron chi connectivity index (χ1n) is 8.03. The average molecular weight is 341 g/mol. The van der Waals surface area contributed by atoms with Gasteiger partial charge in [0.1, 0.15) is 5.69 Å². The van der Waals surface area contributed by atoms with Crippen LogP contribution >= 0.6 is 0 Å². The fourth-order valence-electron chi connectivity index (χ4n) is 2.71. The van der Waals surface area contributed by atoms with Gasteiger partial charge in [0.15, 0.2) is 5.82 Å². The summed E-state index contributed by atoms with van der Waals surface area (Å²) < 4.78 is 1.71. The van der Waals surface area contributed by atoms with Crippen molar-refractivity contribution < 1.29 is 14.4 Å². The lowest BCUT2D eigenvalue weighted by atomic mass is 10.2. The number of nitrogens with zero attached hydrogens (tertiary/aromatic N) is 3. The third kappa shape index (κ3) is 3.52. The molecule has 0 spiro atoms. The fourth-order valence-corrected chi connectivity index (χ4v) is 2.71. The Morgan fingerprint density at radius 2 is 1.92 bits per heavy atom. The van der Waals surface area contributed by atoms with Gasteiger partial charge < -0.3 is 20.1 Å². The number of hydrogen-bond acceptors (Lipinski definition) is 4. The van der Waals surface area contributed by atoms with Gasteiger partial charge in [-0.1, -0.05) is 6.07 Å². The summed E-state index contributed by atoms with van der Waals surface area (Å²) in [4.78, 5) is 41.7. The number of likely N-dealkylation sites (N-methyl/N-ethyl adjacent to an activating group) is 1. The number of anilines is 2. The number of hydrogen-bond donors (Lipinski definition) is 2. The molecule has 0 unspecified atom stereocenters. The maximum atomic E-state index is 12.4. The van der Waals surface area contributed by atoms with Crippen molar-refractivity contribution >= 4 is 29.1 Å². The molecule has 1 aliphatic rings. The van der Waals surface area contributed by atoms with Crippen LogP contribution in [0.2, 0.25) is 0 Å². The molecule has 8 nitrogen and oxygen atoms in total. The third-order valence-corrected chi connectivity index (χ3v) is 3.92. The number of rotatable bonds is 4. The lowest BCUT2D eigenvalue weighted by Gasteiger charge is -2.25. The van der Waals surface area contributed by atoms with E-state index in [0.29, 0.717) is 31.0 Å². The summed E-state index contributed by atoms with van der Waals surface area (Å²) in [5.74, 6) is -0.479. The van der Waals surface area contributed by atoms with Crippen LogP contribution in [-0.4, -0.2) is 45.3 Å². The van der Waals surface area contributed by atoms with E-state index in [2.05, 4.69) is 15.6 Å². The van der Waals surface area contributed by atoms with Crippen LogP contribution in [0.15, 0.2) is 30.5 Å². The first-order chi connectivity index (χ1) is 12.0. The van der Waals surface area contributed by atoms with Gasteiger partial charge in [-0.25, -0.2) is 4.98 Å². The molecule has 130 valence electrons. The molecule has 0 fully saturated rings. The fraction of sp³-hybridized carbons (Fsp3) is 0.294. The molecule has 3 rings (SSSR count). The second-order valence-corrected chi connectivity index (χ2v) is 5.74. The molecule has 1 aromatic heterocycles. The SMILES string of the molecule is CCN1CCn2cc(C(=O)Nc3cccc(NC(C)=O)c3)nc2C1=O. The second kappa shape index (κ2) is 6.76. The van der Waals surface area contributed by atoms with Gasteiger partial charge in [0, 0.05) is 44.1 Å². The van der Waals surface area contributed by atoms with E-state index in [9.17, 15) is 14.4 Å². The number of imidazole rings is 1. The van der Waals surface area contributed by atoms with E-state index in [1.807, 2.05) is 6.92 Å². The number of aromatic nitrogens is 2. The summed E-state index contributed by atoms with van der Waals surface area (Å²) in [7, 11) is 0. The minimum atomic E-state index is -0.405. The maximum absolute atomic E-state index is 12.4. The minimum Gasteiger partial charge on any atom is -0.334 e. The van der Waals surface area contributed by atoms with Crippen molar-refractivity contribution in [3.63, 3.8) is 0 Å². The first-order valence-corrected chi connectivity index (χ1v) is 8.03. The largest absolute Gasteiger partial charge is 0.334 e. The van der Waals surface area contributed by atoms with E-state index in [4.69, 9.17) is 0 Å². The number of carbonyl (C=O) groups excluding carboxylic acids is 3. The van der Waals surface area contributed by atoms with Crippen molar-refractivity contribution in [2.75, 3.05) is 23.7 Å². The molecular weight excluding hydrogens is 322 g/mol. The molecule has 1 aliphatic heterocycles. The van der Waals surface area contributed by atoms with Crippen molar-refractivity contribution in [2.24, 2.45) is 0 Å². The highest BCUT2D eigenvalue weighted by molar-refractivity contribution is 6.04. The first kappa shape index (κ1) is 16.7. The van der Waals surface area contributed by atoms with Gasteiger partial charge in [0.25, 0.3) is 11.8 Å². The van der Waals surface area contributed by atoms with Crippen LogP contribution in [0.1, 0.15) is 35.0 Å². The van der Waals surface area contributed by atoms with Crippen molar-refractivity contribution in [3.05, 3.63) is 42.0 Å². The number of benzene rings is 1. The zero-order valence-electron chi connectivity index (χ0n) is 14.1. The van der Waals surface area contributed by atoms with Gasteiger partial charge in [0.05, 0.1) is 0 Å². The molecule has 0 atom stereocenters. The van der Waals surface area contributed by atoms with Crippen molar-refractivity contribution in [1.29, 1.82) is 0 Å². The quantitative estimate of drug-likeness (QED) is 0.882. The molecule has 0 radical (unpaired) electrons. The van der Waals surface area contributed by atoms with Crippen molar-refractivity contribution in [3.8, 4) is 0 Å². The van der Waals surface area contributed by atoms with Gasteiger partial charge in [0.2, 0.25) is 5.91 Å². The van der Waals surface area contributed by atoms with Gasteiger partial charge in [-0.15, -0.1) is 0 Å². The predicted molar refractivity (Wildman–Crippen MR) is 92.5 cm³/mol. The summed E-state index contributed by atoms with van der Waals surface area (Å²) in [6.07, 6.45) is 1.59. The van der Waals surface area contributed by atoms with Gasteiger partial charge in [-0.2, -0.15) is 0 Å². The van der Waals surface area contributed by atoms with Gasteiger partial charge >= 0.3 is 0 Å². The molecule has 0 bridgehead atoms. The highest BCUT2D eigenvalue weighted by atomic mass is 16.2. The molecule has 2 N–H and O–H groups in total. The van der Waals surface area contributed by atoms with E-state index >= 15 is 0 Å². The average Bonchev–Trinajstić information content (AvgIpc) is 3.00. The zero-order chi connectivity index (χ0) is 18.0. The summed E-state index contributed by atoms with van der Waals surface area (Å²) in [5.41, 5.74) is 1.30. The van der Waals surface area contributed by atoms with Crippen LogP contribution in [0.5, 0.6) is 0 Å². The summed E-state index contributed by atoms with van der Waals surface area (Å²) >= 11 is 0. The number of fused-ring (bicyclic) bond motifs is 1. The predicted octanol–water partition coefficient (Wildman–Crippen LogP) is 1.57. The van der Waals surface area contributed by atoms with Gasteiger partial charge in [-0.3, -0.25) is 14.4 Å². The highest BCUT2D eigenvalue weighted by Crippen LogP contribution is 2.17. The minimum absolute atomic E-state index is 0.166. The van der Waals surface area contributed by atoms with E-state index in [0.717, 1.165) is 0 Å². The molecule has 1 aromatic carbocycles. The summed E-state index contributed by atoms with van der Waals surface area (Å²) in [6.45, 7) is 5.17. The second-order valence-electron chi connectivity index (χ2n) is 5.74. The van der Waals surface area contributed by atoms with Crippen LogP contribution in [0.25, 0.3) is 0 Å². The van der Waals surface area contributed by atoms with E-state index in [-0.39, 0.29) is 23.3 Å². The Morgan fingerprint density at radius 1 is 1.20 bits per heavy atom. The Balaban J connectivity index is 1.77. The molecule has 8 heteroatoms. The van der Waals surface area contributed by atoms with Crippen LogP contribution in [0.3, 0.4) is 0 Å². The summed E-state index contributed by atoms with van der Waals surface area (Å²) in [5, 5.41) is 5.38. The van der Waals surface area contributed by atoms with Crippen molar-refractivity contribution in [1.82, 2.24) is 14.5 Å². The molecule has 2 aromatic rings. The van der Waals surface area contributed by atoms with Gasteiger partial charge in [-0.05, 0) is 25.1 Å². The molecule has 0 saturated heterocycles. The van der Waals surface area contributed by atoms with Crippen LogP contribution in [0.4, 0.5) is 11.4 Å². The Labute approximate surface area is 144 Å².